The van der Waals surface area contributed by atoms with E-state index in [2.05, 4.69) is 73.5 Å². The monoisotopic (exact) mass is 444 g/mol. The predicted molar refractivity (Wildman–Crippen MR) is 129 cm³/mol. The van der Waals surface area contributed by atoms with E-state index in [1.54, 1.807) is 0 Å². The van der Waals surface area contributed by atoms with Crippen LogP contribution < -0.4 is 0 Å². The van der Waals surface area contributed by atoms with Gasteiger partial charge in [-0.05, 0) is 60.5 Å². The molecule has 0 aliphatic carbocycles. The minimum absolute atomic E-state index is 0.827. The molecule has 0 unspecified atom stereocenters. The Labute approximate surface area is 192 Å². The molecule has 4 aromatic rings. The standard InChI is InChI=1S/C25H28N6S/c1-3-9-22-19(7-1)20-12-18-32-23-10-4-2-8-21(23)25(20)30(22)15-11-24-26-27-28-31(24)17-16-29-13-5-6-14-29/h1-4,7-10H,5-6,11-18H2. The Bertz CT molecular complexity index is 1240. The van der Waals surface area contributed by atoms with E-state index in [1.807, 2.05) is 16.4 Å². The minimum atomic E-state index is 0.827. The summed E-state index contributed by atoms with van der Waals surface area (Å²) in [5.41, 5.74) is 5.53. The third-order valence-electron chi connectivity index (χ3n) is 6.82. The molecule has 1 fully saturated rings. The van der Waals surface area contributed by atoms with Gasteiger partial charge in [0, 0.05) is 46.6 Å². The first kappa shape index (κ1) is 20.0. The third kappa shape index (κ3) is 3.63. The lowest BCUT2D eigenvalue weighted by atomic mass is 10.0. The van der Waals surface area contributed by atoms with E-state index in [0.717, 1.165) is 44.1 Å². The number of aromatic nitrogens is 5. The van der Waals surface area contributed by atoms with E-state index < -0.39 is 0 Å². The number of rotatable bonds is 6. The number of fused-ring (bicyclic) bond motifs is 5. The highest BCUT2D eigenvalue weighted by atomic mass is 32.2. The fraction of sp³-hybridized carbons (Fsp3) is 0.400. The maximum Gasteiger partial charge on any atom is 0.153 e. The summed E-state index contributed by atoms with van der Waals surface area (Å²) in [7, 11) is 0. The summed E-state index contributed by atoms with van der Waals surface area (Å²) in [6.45, 7) is 5.18. The Morgan fingerprint density at radius 2 is 1.75 bits per heavy atom. The first-order chi connectivity index (χ1) is 15.9. The van der Waals surface area contributed by atoms with E-state index >= 15 is 0 Å². The van der Waals surface area contributed by atoms with Crippen molar-refractivity contribution in [2.45, 2.75) is 43.7 Å². The fourth-order valence-corrected chi connectivity index (χ4v) is 6.27. The number of para-hydroxylation sites is 1. The number of nitrogens with zero attached hydrogens (tertiary/aromatic N) is 6. The average Bonchev–Trinajstić information content (AvgIpc) is 3.54. The lowest BCUT2D eigenvalue weighted by molar-refractivity contribution is 0.311. The van der Waals surface area contributed by atoms with Crippen LogP contribution in [-0.2, 0) is 25.9 Å². The second kappa shape index (κ2) is 8.71. The molecule has 164 valence electrons. The lowest BCUT2D eigenvalue weighted by Crippen LogP contribution is -2.25. The lowest BCUT2D eigenvalue weighted by Gasteiger charge is -2.15. The zero-order valence-electron chi connectivity index (χ0n) is 18.3. The number of benzene rings is 2. The van der Waals surface area contributed by atoms with Gasteiger partial charge in [0.2, 0.25) is 0 Å². The minimum Gasteiger partial charge on any atom is -0.340 e. The number of thioether (sulfide) groups is 1. The molecule has 2 aromatic carbocycles. The van der Waals surface area contributed by atoms with Gasteiger partial charge in [0.15, 0.2) is 5.82 Å². The van der Waals surface area contributed by atoms with Crippen molar-refractivity contribution >= 4 is 22.7 Å². The van der Waals surface area contributed by atoms with Gasteiger partial charge in [-0.1, -0.05) is 36.4 Å². The van der Waals surface area contributed by atoms with Gasteiger partial charge in [0.05, 0.1) is 12.2 Å². The largest absolute Gasteiger partial charge is 0.340 e. The summed E-state index contributed by atoms with van der Waals surface area (Å²) in [5.74, 6) is 2.10. The molecule has 1 saturated heterocycles. The van der Waals surface area contributed by atoms with Crippen LogP contribution in [0.4, 0.5) is 0 Å². The second-order valence-electron chi connectivity index (χ2n) is 8.71. The normalized spacial score (nSPS) is 16.2. The Morgan fingerprint density at radius 1 is 0.906 bits per heavy atom. The zero-order valence-corrected chi connectivity index (χ0v) is 19.1. The Kier molecular flexibility index (Phi) is 5.45. The molecule has 0 saturated carbocycles. The Morgan fingerprint density at radius 3 is 2.69 bits per heavy atom. The second-order valence-corrected chi connectivity index (χ2v) is 9.84. The van der Waals surface area contributed by atoms with E-state index in [4.69, 9.17) is 0 Å². The first-order valence-electron chi connectivity index (χ1n) is 11.7. The van der Waals surface area contributed by atoms with Crippen molar-refractivity contribution in [3.63, 3.8) is 0 Å². The number of aryl methyl sites for hydroxylation is 3. The number of hydrogen-bond donors (Lipinski definition) is 0. The highest BCUT2D eigenvalue weighted by molar-refractivity contribution is 7.99. The smallest absolute Gasteiger partial charge is 0.153 e. The summed E-state index contributed by atoms with van der Waals surface area (Å²) in [6.07, 6.45) is 4.55. The molecule has 2 aromatic heterocycles. The van der Waals surface area contributed by atoms with Crippen molar-refractivity contribution in [3.8, 4) is 11.3 Å². The fourth-order valence-electron chi connectivity index (χ4n) is 5.25. The summed E-state index contributed by atoms with van der Waals surface area (Å²) >= 11 is 1.97. The van der Waals surface area contributed by atoms with Crippen molar-refractivity contribution in [1.29, 1.82) is 0 Å². The average molecular weight is 445 g/mol. The summed E-state index contributed by atoms with van der Waals surface area (Å²) in [6, 6.07) is 17.7. The van der Waals surface area contributed by atoms with Crippen molar-refractivity contribution in [2.75, 3.05) is 25.4 Å². The van der Waals surface area contributed by atoms with Gasteiger partial charge in [-0.15, -0.1) is 16.9 Å². The van der Waals surface area contributed by atoms with Crippen molar-refractivity contribution in [2.24, 2.45) is 0 Å². The molecule has 0 bridgehead atoms. The predicted octanol–water partition coefficient (Wildman–Crippen LogP) is 4.28. The molecule has 7 heteroatoms. The summed E-state index contributed by atoms with van der Waals surface area (Å²) in [5, 5.41) is 14.1. The maximum absolute atomic E-state index is 4.38. The van der Waals surface area contributed by atoms with E-state index in [0.29, 0.717) is 0 Å². The van der Waals surface area contributed by atoms with Crippen molar-refractivity contribution in [3.05, 3.63) is 59.9 Å². The molecular formula is C25H28N6S. The van der Waals surface area contributed by atoms with Crippen LogP contribution in [0.5, 0.6) is 0 Å². The SMILES string of the molecule is c1ccc2c(c1)SCCc1c-2n(CCc2nnnn2CCN2CCCC2)c2ccccc12. The first-order valence-corrected chi connectivity index (χ1v) is 12.7. The topological polar surface area (TPSA) is 51.8 Å². The number of tetrazole rings is 1. The molecule has 2 aliphatic rings. The van der Waals surface area contributed by atoms with Crippen LogP contribution in [0.2, 0.25) is 0 Å². The van der Waals surface area contributed by atoms with Crippen molar-refractivity contribution < 1.29 is 0 Å². The van der Waals surface area contributed by atoms with Crippen LogP contribution in [0.1, 0.15) is 24.2 Å². The third-order valence-corrected chi connectivity index (χ3v) is 7.89. The molecule has 0 amide bonds. The molecule has 0 N–H and O–H groups in total. The highest BCUT2D eigenvalue weighted by Gasteiger charge is 2.23. The molecule has 0 spiro atoms. The number of hydrogen-bond acceptors (Lipinski definition) is 5. The van der Waals surface area contributed by atoms with Gasteiger partial charge in [0.1, 0.15) is 0 Å². The molecular weight excluding hydrogens is 416 g/mol. The molecule has 2 aliphatic heterocycles. The molecule has 6 rings (SSSR count). The molecule has 4 heterocycles. The van der Waals surface area contributed by atoms with Gasteiger partial charge in [-0.2, -0.15) is 0 Å². The zero-order chi connectivity index (χ0) is 21.3. The molecule has 32 heavy (non-hydrogen) atoms. The molecule has 6 nitrogen and oxygen atoms in total. The van der Waals surface area contributed by atoms with Crippen LogP contribution in [0.15, 0.2) is 53.4 Å². The van der Waals surface area contributed by atoms with E-state index in [9.17, 15) is 0 Å². The number of likely N-dealkylation sites (tertiary alicyclic amines) is 1. The van der Waals surface area contributed by atoms with Gasteiger partial charge in [-0.25, -0.2) is 4.68 Å². The summed E-state index contributed by atoms with van der Waals surface area (Å²) < 4.78 is 4.52. The van der Waals surface area contributed by atoms with Crippen molar-refractivity contribution in [1.82, 2.24) is 29.7 Å². The highest BCUT2D eigenvalue weighted by Crippen LogP contribution is 2.42. The van der Waals surface area contributed by atoms with Crippen LogP contribution in [-0.4, -0.2) is 55.1 Å². The Hall–Kier alpha value is -2.64. The van der Waals surface area contributed by atoms with Gasteiger partial charge in [-0.3, -0.25) is 0 Å². The molecule has 0 radical (unpaired) electrons. The maximum atomic E-state index is 4.38. The quantitative estimate of drug-likeness (QED) is 0.444. The van der Waals surface area contributed by atoms with E-state index in [1.165, 1.54) is 58.6 Å². The van der Waals surface area contributed by atoms with Crippen LogP contribution >= 0.6 is 11.8 Å². The van der Waals surface area contributed by atoms with Gasteiger partial charge < -0.3 is 9.47 Å². The summed E-state index contributed by atoms with van der Waals surface area (Å²) in [4.78, 5) is 3.89. The molecule has 0 atom stereocenters. The van der Waals surface area contributed by atoms with Gasteiger partial charge in [0.25, 0.3) is 0 Å². The van der Waals surface area contributed by atoms with Crippen LogP contribution in [0.3, 0.4) is 0 Å². The van der Waals surface area contributed by atoms with E-state index in [-0.39, 0.29) is 0 Å². The van der Waals surface area contributed by atoms with Crippen LogP contribution in [0, 0.1) is 0 Å². The Balaban J connectivity index is 1.33. The van der Waals surface area contributed by atoms with Gasteiger partial charge >= 0.3 is 0 Å². The van der Waals surface area contributed by atoms with Crippen LogP contribution in [0.25, 0.3) is 22.2 Å².